The summed E-state index contributed by atoms with van der Waals surface area (Å²) < 4.78 is 10.7. The van der Waals surface area contributed by atoms with Crippen molar-refractivity contribution in [1.29, 1.82) is 0 Å². The van der Waals surface area contributed by atoms with E-state index in [1.807, 2.05) is 37.4 Å². The van der Waals surface area contributed by atoms with Gasteiger partial charge < -0.3 is 19.5 Å². The molecular weight excluding hydrogens is 354 g/mol. The lowest BCUT2D eigenvalue weighted by atomic mass is 10.0. The van der Waals surface area contributed by atoms with Gasteiger partial charge in [-0.1, -0.05) is 12.1 Å². The molecule has 3 aromatic rings. The summed E-state index contributed by atoms with van der Waals surface area (Å²) in [5.74, 6) is 1.75. The van der Waals surface area contributed by atoms with Crippen LogP contribution in [0.5, 0.6) is 17.2 Å². The average molecular weight is 379 g/mol. The molecule has 0 bridgehead atoms. The fourth-order valence-electron chi connectivity index (χ4n) is 3.07. The number of benzene rings is 2. The molecule has 1 heterocycles. The highest BCUT2D eigenvalue weighted by Crippen LogP contribution is 2.28. The van der Waals surface area contributed by atoms with E-state index in [0.717, 1.165) is 41.2 Å². The lowest BCUT2D eigenvalue weighted by Crippen LogP contribution is -2.20. The third kappa shape index (κ3) is 4.78. The van der Waals surface area contributed by atoms with Gasteiger partial charge in [-0.05, 0) is 48.9 Å². The molecule has 0 saturated heterocycles. The number of rotatable bonds is 8. The van der Waals surface area contributed by atoms with E-state index < -0.39 is 0 Å². The molecule has 0 aliphatic heterocycles. The van der Waals surface area contributed by atoms with Crippen molar-refractivity contribution in [2.24, 2.45) is 0 Å². The Morgan fingerprint density at radius 1 is 0.929 bits per heavy atom. The molecule has 6 nitrogen and oxygen atoms in total. The molecule has 1 N–H and O–H groups in total. The summed E-state index contributed by atoms with van der Waals surface area (Å²) in [6, 6.07) is 11.6. The van der Waals surface area contributed by atoms with Gasteiger partial charge in [-0.25, -0.2) is 9.97 Å². The number of ether oxygens (including phenoxy) is 2. The van der Waals surface area contributed by atoms with Crippen LogP contribution in [0.4, 0.5) is 0 Å². The topological polar surface area (TPSA) is 67.7 Å². The predicted molar refractivity (Wildman–Crippen MR) is 109 cm³/mol. The highest BCUT2D eigenvalue weighted by Gasteiger charge is 2.10. The number of nitrogens with zero attached hydrogens (tertiary/aromatic N) is 3. The molecule has 0 spiro atoms. The van der Waals surface area contributed by atoms with E-state index in [4.69, 9.17) is 9.47 Å². The maximum absolute atomic E-state index is 10.3. The van der Waals surface area contributed by atoms with Crippen molar-refractivity contribution in [1.82, 2.24) is 14.9 Å². The van der Waals surface area contributed by atoms with Crippen LogP contribution in [0.3, 0.4) is 0 Å². The van der Waals surface area contributed by atoms with Gasteiger partial charge in [0, 0.05) is 36.6 Å². The van der Waals surface area contributed by atoms with Gasteiger partial charge in [-0.15, -0.1) is 0 Å². The third-order valence-electron chi connectivity index (χ3n) is 4.64. The molecule has 28 heavy (non-hydrogen) atoms. The number of hydrogen-bond acceptors (Lipinski definition) is 6. The van der Waals surface area contributed by atoms with Crippen LogP contribution in [0.15, 0.2) is 55.1 Å². The zero-order valence-corrected chi connectivity index (χ0v) is 16.4. The number of phenols is 1. The molecule has 0 aliphatic carbocycles. The maximum atomic E-state index is 10.3. The fourth-order valence-corrected chi connectivity index (χ4v) is 3.07. The Morgan fingerprint density at radius 2 is 1.68 bits per heavy atom. The first-order chi connectivity index (χ1) is 13.6. The standard InChI is InChI=1S/C22H25N3O3/c1-25(9-8-16-4-7-21(27-2)22(10-16)28-3)14-18-11-17(5-6-20(18)26)19-12-23-15-24-13-19/h4-7,10-13,15,26H,8-9,14H2,1-3H3. The zero-order chi connectivity index (χ0) is 19.9. The van der Waals surface area contributed by atoms with Crippen molar-refractivity contribution >= 4 is 0 Å². The van der Waals surface area contributed by atoms with Gasteiger partial charge in [-0.2, -0.15) is 0 Å². The summed E-state index contributed by atoms with van der Waals surface area (Å²) >= 11 is 0. The molecule has 6 heteroatoms. The number of phenolic OH excluding ortho intramolecular Hbond substituents is 1. The molecule has 0 atom stereocenters. The summed E-state index contributed by atoms with van der Waals surface area (Å²) in [5, 5.41) is 10.3. The molecule has 0 aliphatic rings. The fraction of sp³-hybridized carbons (Fsp3) is 0.273. The third-order valence-corrected chi connectivity index (χ3v) is 4.64. The second-order valence-electron chi connectivity index (χ2n) is 6.65. The van der Waals surface area contributed by atoms with Crippen molar-refractivity contribution in [2.45, 2.75) is 13.0 Å². The van der Waals surface area contributed by atoms with Gasteiger partial charge in [0.2, 0.25) is 0 Å². The van der Waals surface area contributed by atoms with Crippen LogP contribution in [0.1, 0.15) is 11.1 Å². The maximum Gasteiger partial charge on any atom is 0.160 e. The minimum atomic E-state index is 0.290. The monoisotopic (exact) mass is 379 g/mol. The molecule has 146 valence electrons. The Kier molecular flexibility index (Phi) is 6.45. The van der Waals surface area contributed by atoms with Crippen LogP contribution >= 0.6 is 0 Å². The number of methoxy groups -OCH3 is 2. The van der Waals surface area contributed by atoms with Crippen LogP contribution < -0.4 is 9.47 Å². The zero-order valence-electron chi connectivity index (χ0n) is 16.4. The molecule has 0 saturated carbocycles. The van der Waals surface area contributed by atoms with Crippen LogP contribution in [-0.2, 0) is 13.0 Å². The summed E-state index contributed by atoms with van der Waals surface area (Å²) in [7, 11) is 5.31. The summed E-state index contributed by atoms with van der Waals surface area (Å²) in [6.45, 7) is 1.48. The summed E-state index contributed by atoms with van der Waals surface area (Å²) in [5.41, 5.74) is 3.96. The summed E-state index contributed by atoms with van der Waals surface area (Å²) in [6.07, 6.45) is 5.91. The second-order valence-corrected chi connectivity index (χ2v) is 6.65. The largest absolute Gasteiger partial charge is 0.508 e. The lowest BCUT2D eigenvalue weighted by Gasteiger charge is -2.18. The molecule has 3 rings (SSSR count). The van der Waals surface area contributed by atoms with Gasteiger partial charge in [0.15, 0.2) is 11.5 Å². The van der Waals surface area contributed by atoms with E-state index in [-0.39, 0.29) is 0 Å². The molecule has 0 fully saturated rings. The van der Waals surface area contributed by atoms with E-state index in [0.29, 0.717) is 12.3 Å². The van der Waals surface area contributed by atoms with Crippen molar-refractivity contribution in [2.75, 3.05) is 27.8 Å². The first-order valence-electron chi connectivity index (χ1n) is 9.07. The van der Waals surface area contributed by atoms with E-state index in [9.17, 15) is 5.11 Å². The first kappa shape index (κ1) is 19.6. The number of hydrogen-bond donors (Lipinski definition) is 1. The molecule has 0 radical (unpaired) electrons. The van der Waals surface area contributed by atoms with E-state index in [1.165, 1.54) is 11.9 Å². The van der Waals surface area contributed by atoms with E-state index in [1.54, 1.807) is 32.7 Å². The molecular formula is C22H25N3O3. The average Bonchev–Trinajstić information content (AvgIpc) is 2.74. The van der Waals surface area contributed by atoms with Crippen LogP contribution in [0.2, 0.25) is 0 Å². The van der Waals surface area contributed by atoms with Gasteiger partial charge >= 0.3 is 0 Å². The normalized spacial score (nSPS) is 10.9. The highest BCUT2D eigenvalue weighted by molar-refractivity contribution is 5.63. The molecule has 2 aromatic carbocycles. The van der Waals surface area contributed by atoms with Crippen molar-refractivity contribution in [3.8, 4) is 28.4 Å². The minimum absolute atomic E-state index is 0.290. The van der Waals surface area contributed by atoms with E-state index in [2.05, 4.69) is 14.9 Å². The SMILES string of the molecule is COc1ccc(CCN(C)Cc2cc(-c3cncnc3)ccc2O)cc1OC. The predicted octanol–water partition coefficient (Wildman–Crippen LogP) is 3.54. The van der Waals surface area contributed by atoms with Crippen molar-refractivity contribution < 1.29 is 14.6 Å². The Bertz CT molecular complexity index is 916. The Morgan fingerprint density at radius 3 is 2.39 bits per heavy atom. The van der Waals surface area contributed by atoms with Gasteiger partial charge in [0.25, 0.3) is 0 Å². The summed E-state index contributed by atoms with van der Waals surface area (Å²) in [4.78, 5) is 10.3. The minimum Gasteiger partial charge on any atom is -0.508 e. The van der Waals surface area contributed by atoms with Crippen molar-refractivity contribution in [3.63, 3.8) is 0 Å². The number of aromatic hydroxyl groups is 1. The number of aromatic nitrogens is 2. The smallest absolute Gasteiger partial charge is 0.160 e. The Labute approximate surface area is 165 Å². The number of likely N-dealkylation sites (N-methyl/N-ethyl adjacent to an activating group) is 1. The highest BCUT2D eigenvalue weighted by atomic mass is 16.5. The van der Waals surface area contributed by atoms with Crippen LogP contribution in [-0.4, -0.2) is 47.8 Å². The van der Waals surface area contributed by atoms with Crippen molar-refractivity contribution in [3.05, 3.63) is 66.2 Å². The molecule has 0 amide bonds. The first-order valence-corrected chi connectivity index (χ1v) is 9.07. The van der Waals surface area contributed by atoms with Crippen LogP contribution in [0, 0.1) is 0 Å². The van der Waals surface area contributed by atoms with Gasteiger partial charge in [0.05, 0.1) is 14.2 Å². The molecule has 0 unspecified atom stereocenters. The van der Waals surface area contributed by atoms with E-state index >= 15 is 0 Å². The Hall–Kier alpha value is -3.12. The van der Waals surface area contributed by atoms with Gasteiger partial charge in [0.1, 0.15) is 12.1 Å². The quantitative estimate of drug-likeness (QED) is 0.646. The lowest BCUT2D eigenvalue weighted by molar-refractivity contribution is 0.323. The van der Waals surface area contributed by atoms with Gasteiger partial charge in [-0.3, -0.25) is 0 Å². The van der Waals surface area contributed by atoms with Crippen LogP contribution in [0.25, 0.3) is 11.1 Å². The second kappa shape index (κ2) is 9.19. The molecule has 1 aromatic heterocycles. The Balaban J connectivity index is 1.66.